The molecule has 1 N–H and O–H groups in total. The van der Waals surface area contributed by atoms with E-state index in [1.54, 1.807) is 0 Å². The van der Waals surface area contributed by atoms with Crippen LogP contribution in [0.4, 0.5) is 13.2 Å². The quantitative estimate of drug-likeness (QED) is 0.895. The number of hydrogen-bond donors (Lipinski definition) is 1. The van der Waals surface area contributed by atoms with Crippen LogP contribution in [0.15, 0.2) is 18.2 Å². The number of aromatic hydroxyl groups is 1. The van der Waals surface area contributed by atoms with Gasteiger partial charge in [0.1, 0.15) is 5.75 Å². The van der Waals surface area contributed by atoms with Gasteiger partial charge in [0.05, 0.1) is 6.54 Å². The molecule has 0 fully saturated rings. The molecule has 1 rings (SSSR count). The highest BCUT2D eigenvalue weighted by atomic mass is 35.5. The van der Waals surface area contributed by atoms with E-state index < -0.39 is 12.7 Å². The molecule has 0 atom stereocenters. The molecule has 0 aliphatic rings. The summed E-state index contributed by atoms with van der Waals surface area (Å²) >= 11 is 5.68. The molecule has 0 radical (unpaired) electrons. The maximum Gasteiger partial charge on any atom is 0.401 e. The third-order valence-electron chi connectivity index (χ3n) is 1.93. The molecular weight excluding hydrogens is 243 g/mol. The van der Waals surface area contributed by atoms with Gasteiger partial charge in [-0.05, 0) is 25.2 Å². The van der Waals surface area contributed by atoms with Gasteiger partial charge in [0.15, 0.2) is 0 Å². The molecule has 0 bridgehead atoms. The lowest BCUT2D eigenvalue weighted by Crippen LogP contribution is -2.30. The number of nitrogens with zero attached hydrogens (tertiary/aromatic N) is 1. The molecule has 0 saturated carbocycles. The van der Waals surface area contributed by atoms with Crippen molar-refractivity contribution in [1.82, 2.24) is 4.90 Å². The first-order valence-corrected chi connectivity index (χ1v) is 4.88. The molecule has 0 aromatic heterocycles. The summed E-state index contributed by atoms with van der Waals surface area (Å²) in [6.45, 7) is -1.04. The Bertz CT molecular complexity index is 368. The van der Waals surface area contributed by atoms with Crippen molar-refractivity contribution in [1.29, 1.82) is 0 Å². The van der Waals surface area contributed by atoms with E-state index in [1.165, 1.54) is 25.2 Å². The summed E-state index contributed by atoms with van der Waals surface area (Å²) in [4.78, 5) is 1.06. The predicted octanol–water partition coefficient (Wildman–Crippen LogP) is 3.04. The van der Waals surface area contributed by atoms with Crippen LogP contribution in [0.2, 0.25) is 5.02 Å². The largest absolute Gasteiger partial charge is 0.508 e. The summed E-state index contributed by atoms with van der Waals surface area (Å²) in [5.74, 6) is -0.0570. The SMILES string of the molecule is CN(Cc1cc(Cl)ccc1O)CC(F)(F)F. The molecule has 0 unspecified atom stereocenters. The first kappa shape index (κ1) is 13.1. The molecule has 16 heavy (non-hydrogen) atoms. The number of halogens is 4. The molecular formula is C10H11ClF3NO. The van der Waals surface area contributed by atoms with Crippen molar-refractivity contribution in [2.45, 2.75) is 12.7 Å². The van der Waals surface area contributed by atoms with Crippen LogP contribution in [0.1, 0.15) is 5.56 Å². The summed E-state index contributed by atoms with van der Waals surface area (Å²) in [6, 6.07) is 4.28. The lowest BCUT2D eigenvalue weighted by molar-refractivity contribution is -0.144. The van der Waals surface area contributed by atoms with Crippen LogP contribution in [0.5, 0.6) is 5.75 Å². The van der Waals surface area contributed by atoms with Crippen LogP contribution in [0, 0.1) is 0 Å². The van der Waals surface area contributed by atoms with Gasteiger partial charge in [0.2, 0.25) is 0 Å². The fourth-order valence-electron chi connectivity index (χ4n) is 1.33. The van der Waals surface area contributed by atoms with Crippen molar-refractivity contribution in [3.8, 4) is 5.75 Å². The van der Waals surface area contributed by atoms with Gasteiger partial charge in [0, 0.05) is 17.1 Å². The molecule has 0 saturated heterocycles. The van der Waals surface area contributed by atoms with Crippen molar-refractivity contribution in [3.63, 3.8) is 0 Å². The average Bonchev–Trinajstić information content (AvgIpc) is 2.08. The fraction of sp³-hybridized carbons (Fsp3) is 0.400. The molecule has 6 heteroatoms. The second-order valence-corrected chi connectivity index (χ2v) is 4.00. The van der Waals surface area contributed by atoms with Gasteiger partial charge in [-0.1, -0.05) is 11.6 Å². The van der Waals surface area contributed by atoms with Gasteiger partial charge >= 0.3 is 6.18 Å². The Kier molecular flexibility index (Phi) is 4.04. The van der Waals surface area contributed by atoms with Crippen LogP contribution in [-0.4, -0.2) is 29.8 Å². The number of hydrogen-bond acceptors (Lipinski definition) is 2. The van der Waals surface area contributed by atoms with Crippen LogP contribution in [-0.2, 0) is 6.54 Å². The first-order valence-electron chi connectivity index (χ1n) is 4.50. The van der Waals surface area contributed by atoms with E-state index in [2.05, 4.69) is 0 Å². The van der Waals surface area contributed by atoms with E-state index in [4.69, 9.17) is 11.6 Å². The van der Waals surface area contributed by atoms with Crippen LogP contribution < -0.4 is 0 Å². The van der Waals surface area contributed by atoms with Gasteiger partial charge in [-0.3, -0.25) is 4.90 Å². The molecule has 1 aromatic carbocycles. The summed E-state index contributed by atoms with van der Waals surface area (Å²) in [5.41, 5.74) is 0.374. The number of benzene rings is 1. The summed E-state index contributed by atoms with van der Waals surface area (Å²) in [5, 5.41) is 9.80. The van der Waals surface area contributed by atoms with Crippen LogP contribution in [0.3, 0.4) is 0 Å². The fourth-order valence-corrected chi connectivity index (χ4v) is 1.53. The summed E-state index contributed by atoms with van der Waals surface area (Å²) < 4.78 is 36.2. The van der Waals surface area contributed by atoms with E-state index in [9.17, 15) is 18.3 Å². The molecule has 0 aliphatic carbocycles. The van der Waals surface area contributed by atoms with Crippen molar-refractivity contribution >= 4 is 11.6 Å². The second-order valence-electron chi connectivity index (χ2n) is 3.56. The highest BCUT2D eigenvalue weighted by molar-refractivity contribution is 6.30. The highest BCUT2D eigenvalue weighted by Gasteiger charge is 2.29. The molecule has 0 spiro atoms. The smallest absolute Gasteiger partial charge is 0.401 e. The van der Waals surface area contributed by atoms with E-state index in [1.807, 2.05) is 0 Å². The highest BCUT2D eigenvalue weighted by Crippen LogP contribution is 2.24. The minimum atomic E-state index is -4.25. The van der Waals surface area contributed by atoms with E-state index in [0.29, 0.717) is 10.6 Å². The Morgan fingerprint density at radius 3 is 2.56 bits per heavy atom. The van der Waals surface area contributed by atoms with Crippen molar-refractivity contribution in [3.05, 3.63) is 28.8 Å². The van der Waals surface area contributed by atoms with Crippen LogP contribution >= 0.6 is 11.6 Å². The zero-order valence-electron chi connectivity index (χ0n) is 8.55. The molecule has 90 valence electrons. The van der Waals surface area contributed by atoms with Gasteiger partial charge in [-0.2, -0.15) is 13.2 Å². The van der Waals surface area contributed by atoms with E-state index in [0.717, 1.165) is 4.90 Å². The Balaban J connectivity index is 2.69. The van der Waals surface area contributed by atoms with E-state index >= 15 is 0 Å². The van der Waals surface area contributed by atoms with Crippen molar-refractivity contribution in [2.24, 2.45) is 0 Å². The maximum atomic E-state index is 12.1. The van der Waals surface area contributed by atoms with E-state index in [-0.39, 0.29) is 12.3 Å². The van der Waals surface area contributed by atoms with Gasteiger partial charge < -0.3 is 5.11 Å². The Morgan fingerprint density at radius 1 is 1.38 bits per heavy atom. The first-order chi connectivity index (χ1) is 7.28. The van der Waals surface area contributed by atoms with Gasteiger partial charge in [-0.25, -0.2) is 0 Å². The number of rotatable bonds is 3. The summed E-state index contributed by atoms with van der Waals surface area (Å²) in [6.07, 6.45) is -4.25. The normalized spacial score (nSPS) is 12.1. The number of phenolic OH excluding ortho intramolecular Hbond substituents is 1. The number of phenols is 1. The minimum Gasteiger partial charge on any atom is -0.508 e. The van der Waals surface area contributed by atoms with Crippen molar-refractivity contribution in [2.75, 3.05) is 13.6 Å². The third kappa shape index (κ3) is 4.28. The zero-order chi connectivity index (χ0) is 12.3. The molecule has 0 heterocycles. The summed E-state index contributed by atoms with van der Waals surface area (Å²) in [7, 11) is 1.33. The Hall–Kier alpha value is -0.940. The molecule has 0 amide bonds. The Labute approximate surface area is 96.2 Å². The molecule has 2 nitrogen and oxygen atoms in total. The third-order valence-corrected chi connectivity index (χ3v) is 2.17. The van der Waals surface area contributed by atoms with Crippen LogP contribution in [0.25, 0.3) is 0 Å². The second kappa shape index (κ2) is 4.93. The predicted molar refractivity (Wildman–Crippen MR) is 55.5 cm³/mol. The molecule has 1 aromatic rings. The average molecular weight is 254 g/mol. The standard InChI is InChI=1S/C10H11ClF3NO/c1-15(6-10(12,13)14)5-7-4-8(11)2-3-9(7)16/h2-4,16H,5-6H2,1H3. The monoisotopic (exact) mass is 253 g/mol. The lowest BCUT2D eigenvalue weighted by Gasteiger charge is -2.19. The van der Waals surface area contributed by atoms with Crippen molar-refractivity contribution < 1.29 is 18.3 Å². The topological polar surface area (TPSA) is 23.5 Å². The lowest BCUT2D eigenvalue weighted by atomic mass is 10.2. The van der Waals surface area contributed by atoms with Gasteiger partial charge in [-0.15, -0.1) is 0 Å². The zero-order valence-corrected chi connectivity index (χ0v) is 9.31. The number of alkyl halides is 3. The maximum absolute atomic E-state index is 12.1. The minimum absolute atomic E-state index is 0.00803. The van der Waals surface area contributed by atoms with Gasteiger partial charge in [0.25, 0.3) is 0 Å². The Morgan fingerprint density at radius 2 is 2.00 bits per heavy atom. The molecule has 0 aliphatic heterocycles.